The summed E-state index contributed by atoms with van der Waals surface area (Å²) in [5, 5.41) is 7.61. The number of anilines is 2. The average Bonchev–Trinajstić information content (AvgIpc) is 2.91. The first-order chi connectivity index (χ1) is 17.5. The van der Waals surface area contributed by atoms with E-state index >= 15 is 0 Å². The highest BCUT2D eigenvalue weighted by Gasteiger charge is 2.22. The van der Waals surface area contributed by atoms with Gasteiger partial charge in [-0.05, 0) is 59.1 Å². The standard InChI is InChI=1S/C33H37N3/c1-22(2)26-16-9-17-27(23(3)4)33(26)36-32(25-12-6-5-7-13-25)30-20-10-19-29(35-30)28-18-8-14-24-15-11-21-34-31(24)28/h5-10,12-14,16-20,22-23,32,34,36H,11,15,21H2,1-4H3/t32-/m1/s1. The van der Waals surface area contributed by atoms with E-state index in [0.29, 0.717) is 11.8 Å². The number of fused-ring (bicyclic) bond motifs is 1. The second-order valence-corrected chi connectivity index (χ2v) is 10.4. The first-order valence-electron chi connectivity index (χ1n) is 13.3. The lowest BCUT2D eigenvalue weighted by Gasteiger charge is -2.27. The van der Waals surface area contributed by atoms with Crippen molar-refractivity contribution >= 4 is 11.4 Å². The number of hydrogen-bond donors (Lipinski definition) is 2. The number of pyridine rings is 1. The van der Waals surface area contributed by atoms with Crippen LogP contribution in [0, 0.1) is 0 Å². The summed E-state index contributed by atoms with van der Waals surface area (Å²) in [5.74, 6) is 0.840. The van der Waals surface area contributed by atoms with Gasteiger partial charge in [-0.2, -0.15) is 0 Å². The number of nitrogens with one attached hydrogen (secondary N) is 2. The molecule has 2 N–H and O–H groups in total. The number of nitrogens with zero attached hydrogens (tertiary/aromatic N) is 1. The molecule has 3 nitrogen and oxygen atoms in total. The van der Waals surface area contributed by atoms with Crippen LogP contribution in [0.3, 0.4) is 0 Å². The SMILES string of the molecule is CC(C)c1cccc(C(C)C)c1N[C@H](c1ccccc1)c1cccc(-c2cccc3c2NCCC3)n1. The maximum Gasteiger partial charge on any atom is 0.0940 e. The Labute approximate surface area is 216 Å². The minimum atomic E-state index is -0.0592. The fourth-order valence-corrected chi connectivity index (χ4v) is 5.32. The van der Waals surface area contributed by atoms with Gasteiger partial charge in [-0.3, -0.25) is 4.98 Å². The van der Waals surface area contributed by atoms with Crippen LogP contribution in [0.5, 0.6) is 0 Å². The third kappa shape index (κ3) is 4.88. The van der Waals surface area contributed by atoms with Crippen LogP contribution in [0.15, 0.2) is 84.9 Å². The molecule has 1 aliphatic rings. The van der Waals surface area contributed by atoms with Crippen molar-refractivity contribution in [1.29, 1.82) is 0 Å². The molecule has 2 heterocycles. The highest BCUT2D eigenvalue weighted by Crippen LogP contribution is 2.38. The quantitative estimate of drug-likeness (QED) is 0.281. The Balaban J connectivity index is 1.62. The Morgan fingerprint density at radius 2 is 1.44 bits per heavy atom. The third-order valence-electron chi connectivity index (χ3n) is 7.21. The first-order valence-corrected chi connectivity index (χ1v) is 13.3. The minimum absolute atomic E-state index is 0.0592. The zero-order valence-corrected chi connectivity index (χ0v) is 21.9. The molecule has 0 aliphatic carbocycles. The van der Waals surface area contributed by atoms with Crippen LogP contribution in [0.2, 0.25) is 0 Å². The van der Waals surface area contributed by atoms with Crippen molar-refractivity contribution in [2.24, 2.45) is 0 Å². The molecule has 0 saturated carbocycles. The molecule has 3 aromatic carbocycles. The molecule has 5 rings (SSSR count). The van der Waals surface area contributed by atoms with Gasteiger partial charge in [-0.25, -0.2) is 0 Å². The van der Waals surface area contributed by atoms with Gasteiger partial charge in [0.1, 0.15) is 0 Å². The van der Waals surface area contributed by atoms with Crippen molar-refractivity contribution in [1.82, 2.24) is 4.98 Å². The van der Waals surface area contributed by atoms with E-state index in [1.807, 2.05) is 0 Å². The summed E-state index contributed by atoms with van der Waals surface area (Å²) in [5.41, 5.74) is 11.0. The highest BCUT2D eigenvalue weighted by atomic mass is 15.0. The van der Waals surface area contributed by atoms with E-state index in [2.05, 4.69) is 123 Å². The van der Waals surface area contributed by atoms with Crippen LogP contribution in [-0.4, -0.2) is 11.5 Å². The summed E-state index contributed by atoms with van der Waals surface area (Å²) in [6.45, 7) is 10.1. The summed E-state index contributed by atoms with van der Waals surface area (Å²) < 4.78 is 0. The Hall–Kier alpha value is -3.59. The summed E-state index contributed by atoms with van der Waals surface area (Å²) >= 11 is 0. The average molecular weight is 476 g/mol. The predicted octanol–water partition coefficient (Wildman–Crippen LogP) is 8.56. The van der Waals surface area contributed by atoms with Crippen LogP contribution in [0.1, 0.15) is 79.9 Å². The number of hydrogen-bond acceptors (Lipinski definition) is 3. The molecular formula is C33H37N3. The van der Waals surface area contributed by atoms with Crippen molar-refractivity contribution in [3.8, 4) is 11.3 Å². The molecule has 1 atom stereocenters. The van der Waals surface area contributed by atoms with E-state index in [1.54, 1.807) is 0 Å². The van der Waals surface area contributed by atoms with Gasteiger partial charge in [0.15, 0.2) is 0 Å². The smallest absolute Gasteiger partial charge is 0.0940 e. The Bertz CT molecular complexity index is 1300. The van der Waals surface area contributed by atoms with Gasteiger partial charge in [0.25, 0.3) is 0 Å². The summed E-state index contributed by atoms with van der Waals surface area (Å²) in [4.78, 5) is 5.27. The number of rotatable bonds is 7. The zero-order chi connectivity index (χ0) is 25.1. The fourth-order valence-electron chi connectivity index (χ4n) is 5.32. The Kier molecular flexibility index (Phi) is 7.09. The molecule has 4 aromatic rings. The molecule has 0 fully saturated rings. The van der Waals surface area contributed by atoms with E-state index in [9.17, 15) is 0 Å². The summed E-state index contributed by atoms with van der Waals surface area (Å²) in [6.07, 6.45) is 2.30. The summed E-state index contributed by atoms with van der Waals surface area (Å²) in [7, 11) is 0. The maximum atomic E-state index is 5.27. The van der Waals surface area contributed by atoms with Gasteiger partial charge >= 0.3 is 0 Å². The van der Waals surface area contributed by atoms with Crippen molar-refractivity contribution < 1.29 is 0 Å². The van der Waals surface area contributed by atoms with Crippen molar-refractivity contribution in [3.05, 3.63) is 113 Å². The number of aromatic nitrogens is 1. The maximum absolute atomic E-state index is 5.27. The Morgan fingerprint density at radius 1 is 0.750 bits per heavy atom. The van der Waals surface area contributed by atoms with Gasteiger partial charge in [-0.15, -0.1) is 0 Å². The predicted molar refractivity (Wildman–Crippen MR) is 153 cm³/mol. The van der Waals surface area contributed by atoms with Gasteiger partial charge < -0.3 is 10.6 Å². The van der Waals surface area contributed by atoms with Crippen molar-refractivity contribution in [2.75, 3.05) is 17.2 Å². The number of para-hydroxylation sites is 2. The van der Waals surface area contributed by atoms with Crippen LogP contribution < -0.4 is 10.6 Å². The van der Waals surface area contributed by atoms with E-state index in [-0.39, 0.29) is 6.04 Å². The molecule has 0 saturated heterocycles. The lowest BCUT2D eigenvalue weighted by molar-refractivity contribution is 0.814. The van der Waals surface area contributed by atoms with Crippen molar-refractivity contribution in [3.63, 3.8) is 0 Å². The molecule has 0 radical (unpaired) electrons. The van der Waals surface area contributed by atoms with E-state index in [4.69, 9.17) is 4.98 Å². The second kappa shape index (κ2) is 10.6. The van der Waals surface area contributed by atoms with Gasteiger partial charge in [-0.1, -0.05) is 100 Å². The monoisotopic (exact) mass is 475 g/mol. The molecular weight excluding hydrogens is 438 g/mol. The molecule has 1 aliphatic heterocycles. The molecule has 184 valence electrons. The highest BCUT2D eigenvalue weighted by molar-refractivity contribution is 5.79. The Morgan fingerprint density at radius 3 is 2.17 bits per heavy atom. The largest absolute Gasteiger partial charge is 0.384 e. The number of aryl methyl sites for hydroxylation is 1. The molecule has 1 aromatic heterocycles. The molecule has 0 unspecified atom stereocenters. The van der Waals surface area contributed by atoms with Gasteiger partial charge in [0, 0.05) is 23.5 Å². The molecule has 3 heteroatoms. The van der Waals surface area contributed by atoms with Gasteiger partial charge in [0.2, 0.25) is 0 Å². The topological polar surface area (TPSA) is 37.0 Å². The summed E-state index contributed by atoms with van der Waals surface area (Å²) in [6, 6.07) is 30.4. The van der Waals surface area contributed by atoms with Crippen LogP contribution in [-0.2, 0) is 6.42 Å². The number of benzene rings is 3. The first kappa shape index (κ1) is 24.1. The normalized spacial score (nSPS) is 13.8. The van der Waals surface area contributed by atoms with Crippen LogP contribution >= 0.6 is 0 Å². The zero-order valence-electron chi connectivity index (χ0n) is 21.9. The van der Waals surface area contributed by atoms with E-state index in [1.165, 1.54) is 45.6 Å². The van der Waals surface area contributed by atoms with Crippen LogP contribution in [0.4, 0.5) is 11.4 Å². The molecule has 0 bridgehead atoms. The van der Waals surface area contributed by atoms with Crippen LogP contribution in [0.25, 0.3) is 11.3 Å². The van der Waals surface area contributed by atoms with Crippen molar-refractivity contribution in [2.45, 2.75) is 58.4 Å². The lowest BCUT2D eigenvalue weighted by atomic mass is 9.91. The molecule has 0 spiro atoms. The van der Waals surface area contributed by atoms with Gasteiger partial charge in [0.05, 0.1) is 17.4 Å². The van der Waals surface area contributed by atoms with E-state index in [0.717, 1.165) is 24.4 Å². The fraction of sp³-hybridized carbons (Fsp3) is 0.303. The van der Waals surface area contributed by atoms with E-state index < -0.39 is 0 Å². The minimum Gasteiger partial charge on any atom is -0.384 e. The molecule has 0 amide bonds. The lowest BCUT2D eigenvalue weighted by Crippen LogP contribution is -2.17. The second-order valence-electron chi connectivity index (χ2n) is 10.4. The third-order valence-corrected chi connectivity index (χ3v) is 7.21. The molecule has 36 heavy (non-hydrogen) atoms.